The van der Waals surface area contributed by atoms with Crippen molar-refractivity contribution in [1.29, 1.82) is 5.26 Å². The van der Waals surface area contributed by atoms with Crippen molar-refractivity contribution in [2.75, 3.05) is 19.0 Å². The van der Waals surface area contributed by atoms with Crippen molar-refractivity contribution in [3.8, 4) is 11.9 Å². The molecule has 1 heterocycles. The molecule has 162 valence electrons. The standard InChI is InChI=1S/C20H20ClN5O5/c1-20(10-30-2)18(27)17(15-9-14(26(28)29)7-8-16(15)31-20)25-19(23-11-22)24-13-5-3-12(21)4-6-13/h3-9,17-18,27H,10H2,1-2H3,(H2,23,24,25)/t17-,18+,20-/m1/s1. The molecule has 11 heteroatoms. The molecule has 0 aliphatic carbocycles. The number of aliphatic hydroxyl groups is 1. The van der Waals surface area contributed by atoms with Crippen molar-refractivity contribution in [3.63, 3.8) is 0 Å². The number of methoxy groups -OCH3 is 1. The van der Waals surface area contributed by atoms with E-state index in [9.17, 15) is 15.2 Å². The number of nitro groups is 1. The molecule has 0 radical (unpaired) electrons. The zero-order valence-corrected chi connectivity index (χ0v) is 17.5. The van der Waals surface area contributed by atoms with Crippen LogP contribution >= 0.6 is 11.6 Å². The number of ether oxygens (including phenoxy) is 2. The highest BCUT2D eigenvalue weighted by Gasteiger charge is 2.47. The minimum Gasteiger partial charge on any atom is -0.482 e. The van der Waals surface area contributed by atoms with Crippen molar-refractivity contribution in [2.45, 2.75) is 24.7 Å². The summed E-state index contributed by atoms with van der Waals surface area (Å²) in [5.41, 5.74) is -0.452. The number of nitro benzene ring substituents is 1. The number of nitrogens with zero attached hydrogens (tertiary/aromatic N) is 3. The number of nitrogens with one attached hydrogen (secondary N) is 2. The Bertz CT molecular complexity index is 1040. The number of fused-ring (bicyclic) bond motifs is 1. The average Bonchev–Trinajstić information content (AvgIpc) is 2.73. The molecule has 0 bridgehead atoms. The fourth-order valence-electron chi connectivity index (χ4n) is 3.29. The average molecular weight is 446 g/mol. The molecule has 0 fully saturated rings. The van der Waals surface area contributed by atoms with Gasteiger partial charge in [-0.05, 0) is 37.3 Å². The third-order valence-corrected chi connectivity index (χ3v) is 5.02. The first-order chi connectivity index (χ1) is 14.8. The summed E-state index contributed by atoms with van der Waals surface area (Å²) in [5.74, 6) is 0.361. The van der Waals surface area contributed by atoms with Crippen LogP contribution < -0.4 is 15.4 Å². The van der Waals surface area contributed by atoms with Crippen LogP contribution in [0.2, 0.25) is 5.02 Å². The number of halogens is 1. The fourth-order valence-corrected chi connectivity index (χ4v) is 3.41. The van der Waals surface area contributed by atoms with Crippen LogP contribution in [0.3, 0.4) is 0 Å². The van der Waals surface area contributed by atoms with Gasteiger partial charge >= 0.3 is 0 Å². The molecule has 0 saturated heterocycles. The molecule has 1 aliphatic heterocycles. The smallest absolute Gasteiger partial charge is 0.270 e. The van der Waals surface area contributed by atoms with Crippen molar-refractivity contribution < 1.29 is 19.5 Å². The minimum atomic E-state index is -1.23. The van der Waals surface area contributed by atoms with Gasteiger partial charge < -0.3 is 19.9 Å². The molecule has 3 atom stereocenters. The predicted molar refractivity (Wildman–Crippen MR) is 114 cm³/mol. The molecule has 0 aromatic heterocycles. The lowest BCUT2D eigenvalue weighted by molar-refractivity contribution is -0.385. The van der Waals surface area contributed by atoms with Gasteiger partial charge in [-0.15, -0.1) is 0 Å². The van der Waals surface area contributed by atoms with E-state index < -0.39 is 22.7 Å². The Morgan fingerprint density at radius 2 is 2.13 bits per heavy atom. The van der Waals surface area contributed by atoms with Crippen molar-refractivity contribution in [3.05, 3.63) is 63.2 Å². The van der Waals surface area contributed by atoms with E-state index in [1.54, 1.807) is 37.4 Å². The summed E-state index contributed by atoms with van der Waals surface area (Å²) in [6.07, 6.45) is 0.556. The summed E-state index contributed by atoms with van der Waals surface area (Å²) >= 11 is 5.90. The molecular weight excluding hydrogens is 426 g/mol. The Morgan fingerprint density at radius 3 is 2.74 bits per heavy atom. The molecule has 2 aromatic rings. The van der Waals surface area contributed by atoms with Gasteiger partial charge in [-0.25, -0.2) is 4.99 Å². The number of guanidine groups is 1. The molecule has 1 aliphatic rings. The van der Waals surface area contributed by atoms with Gasteiger partial charge in [0.05, 0.1) is 11.5 Å². The van der Waals surface area contributed by atoms with E-state index in [2.05, 4.69) is 15.6 Å². The SMILES string of the molecule is COC[C@@]1(C)Oc2ccc([N+](=O)[O-])cc2[C@@H](N=C(NC#N)Nc2ccc(Cl)cc2)[C@@H]1O. The topological polar surface area (TPSA) is 142 Å². The maximum atomic E-state index is 11.3. The second-order valence-electron chi connectivity index (χ2n) is 7.06. The number of aliphatic imine (C=N–C) groups is 1. The summed E-state index contributed by atoms with van der Waals surface area (Å²) < 4.78 is 11.1. The molecule has 0 spiro atoms. The zero-order valence-electron chi connectivity index (χ0n) is 16.7. The summed E-state index contributed by atoms with van der Waals surface area (Å²) in [6, 6.07) is 9.77. The summed E-state index contributed by atoms with van der Waals surface area (Å²) in [6.45, 7) is 1.69. The third-order valence-electron chi connectivity index (χ3n) is 4.77. The quantitative estimate of drug-likeness (QED) is 0.159. The number of aliphatic hydroxyl groups excluding tert-OH is 1. The number of anilines is 1. The number of hydrogen-bond donors (Lipinski definition) is 3. The molecule has 3 N–H and O–H groups in total. The molecule has 31 heavy (non-hydrogen) atoms. The Morgan fingerprint density at radius 1 is 1.42 bits per heavy atom. The number of rotatable bonds is 5. The van der Waals surface area contributed by atoms with E-state index in [0.29, 0.717) is 22.0 Å². The van der Waals surface area contributed by atoms with Crippen LogP contribution in [-0.2, 0) is 4.74 Å². The van der Waals surface area contributed by atoms with Crippen LogP contribution in [0.15, 0.2) is 47.5 Å². The molecule has 3 rings (SSSR count). The molecule has 0 amide bonds. The van der Waals surface area contributed by atoms with E-state index in [0.717, 1.165) is 0 Å². The lowest BCUT2D eigenvalue weighted by Crippen LogP contribution is -2.54. The Labute approximate surface area is 183 Å². The monoisotopic (exact) mass is 445 g/mol. The van der Waals surface area contributed by atoms with Crippen LogP contribution in [0.4, 0.5) is 11.4 Å². The normalized spacial score (nSPS) is 22.6. The number of non-ortho nitro benzene ring substituents is 1. The first-order valence-corrected chi connectivity index (χ1v) is 9.55. The van der Waals surface area contributed by atoms with Crippen molar-refractivity contribution >= 4 is 28.9 Å². The van der Waals surface area contributed by atoms with Gasteiger partial charge in [0.25, 0.3) is 5.69 Å². The number of hydrogen-bond acceptors (Lipinski definition) is 7. The highest BCUT2D eigenvalue weighted by molar-refractivity contribution is 6.30. The summed E-state index contributed by atoms with van der Waals surface area (Å²) in [5, 5.41) is 37.4. The Hall–Kier alpha value is -3.39. The molecule has 0 saturated carbocycles. The Kier molecular flexibility index (Phi) is 6.60. The van der Waals surface area contributed by atoms with Crippen LogP contribution in [0.25, 0.3) is 0 Å². The van der Waals surface area contributed by atoms with Crippen molar-refractivity contribution in [2.24, 2.45) is 4.99 Å². The third kappa shape index (κ3) is 4.86. The van der Waals surface area contributed by atoms with Gasteiger partial charge in [-0.1, -0.05) is 11.6 Å². The van der Waals surface area contributed by atoms with Crippen LogP contribution in [-0.4, -0.2) is 41.4 Å². The fraction of sp³-hybridized carbons (Fsp3) is 0.300. The number of nitriles is 1. The largest absolute Gasteiger partial charge is 0.482 e. The molecule has 10 nitrogen and oxygen atoms in total. The highest BCUT2D eigenvalue weighted by atomic mass is 35.5. The predicted octanol–water partition coefficient (Wildman–Crippen LogP) is 2.99. The second kappa shape index (κ2) is 9.18. The molecule has 2 aromatic carbocycles. The first-order valence-electron chi connectivity index (χ1n) is 9.17. The zero-order chi connectivity index (χ0) is 22.6. The summed E-state index contributed by atoms with van der Waals surface area (Å²) in [7, 11) is 1.47. The van der Waals surface area contributed by atoms with Crippen LogP contribution in [0, 0.1) is 21.6 Å². The van der Waals surface area contributed by atoms with E-state index in [4.69, 9.17) is 26.3 Å². The molecule has 0 unspecified atom stereocenters. The molecular formula is C20H20ClN5O5. The lowest BCUT2D eigenvalue weighted by atomic mass is 9.86. The van der Waals surface area contributed by atoms with Gasteiger partial charge in [0.15, 0.2) is 11.8 Å². The van der Waals surface area contributed by atoms with Gasteiger partial charge in [0.2, 0.25) is 5.96 Å². The van der Waals surface area contributed by atoms with Gasteiger partial charge in [-0.3, -0.25) is 15.4 Å². The van der Waals surface area contributed by atoms with Crippen molar-refractivity contribution in [1.82, 2.24) is 5.32 Å². The van der Waals surface area contributed by atoms with E-state index in [1.807, 2.05) is 0 Å². The van der Waals surface area contributed by atoms with Crippen LogP contribution in [0.1, 0.15) is 18.5 Å². The highest BCUT2D eigenvalue weighted by Crippen LogP contribution is 2.43. The second-order valence-corrected chi connectivity index (χ2v) is 7.50. The van der Waals surface area contributed by atoms with Crippen LogP contribution in [0.5, 0.6) is 5.75 Å². The minimum absolute atomic E-state index is 0.0352. The number of benzene rings is 2. The lowest BCUT2D eigenvalue weighted by Gasteiger charge is -2.42. The van der Waals surface area contributed by atoms with E-state index in [-0.39, 0.29) is 18.3 Å². The van der Waals surface area contributed by atoms with Gasteiger partial charge in [0.1, 0.15) is 17.9 Å². The maximum Gasteiger partial charge on any atom is 0.270 e. The maximum absolute atomic E-state index is 11.3. The Balaban J connectivity index is 2.07. The van der Waals surface area contributed by atoms with Gasteiger partial charge in [0, 0.05) is 35.5 Å². The van der Waals surface area contributed by atoms with E-state index in [1.165, 1.54) is 25.3 Å². The van der Waals surface area contributed by atoms with E-state index >= 15 is 0 Å². The van der Waals surface area contributed by atoms with Gasteiger partial charge in [-0.2, -0.15) is 5.26 Å². The first kappa shape index (κ1) is 22.3. The summed E-state index contributed by atoms with van der Waals surface area (Å²) in [4.78, 5) is 15.2.